The van der Waals surface area contributed by atoms with Crippen molar-refractivity contribution in [3.05, 3.63) is 124 Å². The van der Waals surface area contributed by atoms with Crippen LogP contribution in [0.15, 0.2) is 102 Å². The van der Waals surface area contributed by atoms with Crippen molar-refractivity contribution >= 4 is 35.0 Å². The van der Waals surface area contributed by atoms with E-state index in [1.54, 1.807) is 54.8 Å². The molecule has 6 nitrogen and oxygen atoms in total. The highest BCUT2D eigenvalue weighted by Crippen LogP contribution is 2.24. The molecule has 1 heterocycles. The first-order chi connectivity index (χ1) is 18.0. The Balaban J connectivity index is 1.61. The van der Waals surface area contributed by atoms with Crippen molar-refractivity contribution in [2.24, 2.45) is 0 Å². The number of nitrogens with one attached hydrogen (secondary N) is 1. The maximum Gasteiger partial charge on any atom is 0.261 e. The Bertz CT molecular complexity index is 1300. The van der Waals surface area contributed by atoms with Crippen molar-refractivity contribution in [3.8, 4) is 5.75 Å². The number of benzene rings is 3. The van der Waals surface area contributed by atoms with E-state index in [0.717, 1.165) is 11.1 Å². The van der Waals surface area contributed by atoms with Crippen LogP contribution in [0, 0.1) is 0 Å². The summed E-state index contributed by atoms with van der Waals surface area (Å²) < 4.78 is 11.1. The average molecular weight is 537 g/mol. The van der Waals surface area contributed by atoms with E-state index in [1.165, 1.54) is 4.90 Å². The zero-order valence-corrected chi connectivity index (χ0v) is 21.5. The molecule has 190 valence electrons. The lowest BCUT2D eigenvalue weighted by Crippen LogP contribution is -2.51. The zero-order valence-electron chi connectivity index (χ0n) is 20.0. The number of hydrogen-bond acceptors (Lipinski definition) is 4. The molecule has 37 heavy (non-hydrogen) atoms. The largest absolute Gasteiger partial charge is 0.482 e. The van der Waals surface area contributed by atoms with Crippen LogP contribution in [-0.4, -0.2) is 29.4 Å². The van der Waals surface area contributed by atoms with Gasteiger partial charge in [0.1, 0.15) is 17.6 Å². The van der Waals surface area contributed by atoms with Crippen LogP contribution in [-0.2, 0) is 29.1 Å². The van der Waals surface area contributed by atoms with Crippen molar-refractivity contribution < 1.29 is 18.7 Å². The number of ether oxygens (including phenoxy) is 1. The highest BCUT2D eigenvalue weighted by atomic mass is 35.5. The van der Waals surface area contributed by atoms with Crippen LogP contribution in [0.1, 0.15) is 16.9 Å². The summed E-state index contributed by atoms with van der Waals surface area (Å²) in [7, 11) is 0. The monoisotopic (exact) mass is 536 g/mol. The number of halogens is 2. The Hall–Kier alpha value is -3.74. The number of carbonyl (C=O) groups excluding carboxylic acids is 2. The second-order valence-corrected chi connectivity index (χ2v) is 9.21. The molecule has 0 saturated heterocycles. The van der Waals surface area contributed by atoms with Gasteiger partial charge >= 0.3 is 0 Å². The van der Waals surface area contributed by atoms with Crippen molar-refractivity contribution in [2.75, 3.05) is 6.61 Å². The predicted octanol–water partition coefficient (Wildman–Crippen LogP) is 5.92. The van der Waals surface area contributed by atoms with Crippen molar-refractivity contribution in [1.29, 1.82) is 0 Å². The van der Waals surface area contributed by atoms with Crippen LogP contribution >= 0.6 is 23.2 Å². The molecule has 2 amide bonds. The Morgan fingerprint density at radius 3 is 2.30 bits per heavy atom. The molecule has 4 aromatic rings. The summed E-state index contributed by atoms with van der Waals surface area (Å²) >= 11 is 12.3. The molecule has 0 aliphatic heterocycles. The normalized spacial score (nSPS) is 11.5. The first kappa shape index (κ1) is 26.3. The molecule has 0 unspecified atom stereocenters. The topological polar surface area (TPSA) is 71.8 Å². The Labute approximate surface area is 225 Å². The quantitative estimate of drug-likeness (QED) is 0.258. The van der Waals surface area contributed by atoms with Crippen LogP contribution < -0.4 is 10.1 Å². The summed E-state index contributed by atoms with van der Waals surface area (Å²) in [6.45, 7) is 0.109. The van der Waals surface area contributed by atoms with Gasteiger partial charge in [0.15, 0.2) is 6.61 Å². The Morgan fingerprint density at radius 1 is 0.865 bits per heavy atom. The minimum atomic E-state index is -0.810. The molecule has 1 atom stereocenters. The fraction of sp³-hybridized carbons (Fsp3) is 0.172. The second-order valence-electron chi connectivity index (χ2n) is 8.37. The number of amides is 2. The fourth-order valence-corrected chi connectivity index (χ4v) is 4.15. The molecule has 0 spiro atoms. The number of para-hydroxylation sites is 1. The van der Waals surface area contributed by atoms with Gasteiger partial charge in [0.05, 0.1) is 17.8 Å². The molecule has 0 saturated carbocycles. The van der Waals surface area contributed by atoms with E-state index in [9.17, 15) is 9.59 Å². The molecular formula is C29H26Cl2N2O4. The van der Waals surface area contributed by atoms with Gasteiger partial charge < -0.3 is 19.4 Å². The number of rotatable bonds is 11. The lowest BCUT2D eigenvalue weighted by atomic mass is 10.0. The van der Waals surface area contributed by atoms with Crippen molar-refractivity contribution in [1.82, 2.24) is 10.2 Å². The molecular weight excluding hydrogens is 511 g/mol. The zero-order chi connectivity index (χ0) is 26.0. The molecule has 3 aromatic carbocycles. The van der Waals surface area contributed by atoms with E-state index in [0.29, 0.717) is 28.0 Å². The van der Waals surface area contributed by atoms with E-state index in [2.05, 4.69) is 5.32 Å². The maximum absolute atomic E-state index is 13.6. The molecule has 0 radical (unpaired) electrons. The Morgan fingerprint density at radius 2 is 1.59 bits per heavy atom. The standard InChI is InChI=1S/C29H26Cl2N2O4/c30-23-14-12-22(13-15-23)19-33(28(34)20-37-27-11-5-4-10-25(27)31)26(17-21-7-2-1-3-8-21)29(35)32-18-24-9-6-16-36-24/h1-16,26H,17-20H2,(H,32,35)/t26-/m0/s1. The highest BCUT2D eigenvalue weighted by Gasteiger charge is 2.31. The van der Waals surface area contributed by atoms with E-state index < -0.39 is 6.04 Å². The van der Waals surface area contributed by atoms with Gasteiger partial charge in [-0.25, -0.2) is 0 Å². The van der Waals surface area contributed by atoms with Crippen LogP contribution in [0.3, 0.4) is 0 Å². The van der Waals surface area contributed by atoms with E-state index >= 15 is 0 Å². The molecule has 0 bridgehead atoms. The minimum Gasteiger partial charge on any atom is -0.482 e. The smallest absolute Gasteiger partial charge is 0.261 e. The highest BCUT2D eigenvalue weighted by molar-refractivity contribution is 6.32. The van der Waals surface area contributed by atoms with Gasteiger partial charge in [-0.05, 0) is 47.5 Å². The molecule has 1 aromatic heterocycles. The molecule has 8 heteroatoms. The second kappa shape index (κ2) is 13.0. The average Bonchev–Trinajstić information content (AvgIpc) is 3.44. The van der Waals surface area contributed by atoms with Gasteiger partial charge in [-0.3, -0.25) is 9.59 Å². The minimum absolute atomic E-state index is 0.188. The summed E-state index contributed by atoms with van der Waals surface area (Å²) in [4.78, 5) is 28.7. The Kier molecular flexibility index (Phi) is 9.24. The van der Waals surface area contributed by atoms with Gasteiger partial charge in [0.25, 0.3) is 5.91 Å². The summed E-state index contributed by atoms with van der Waals surface area (Å²) in [5.41, 5.74) is 1.74. The van der Waals surface area contributed by atoms with Gasteiger partial charge in [-0.1, -0.05) is 77.8 Å². The van der Waals surface area contributed by atoms with Gasteiger partial charge in [-0.15, -0.1) is 0 Å². The predicted molar refractivity (Wildman–Crippen MR) is 143 cm³/mol. The summed E-state index contributed by atoms with van der Waals surface area (Å²) in [6.07, 6.45) is 1.86. The van der Waals surface area contributed by atoms with Crippen LogP contribution in [0.2, 0.25) is 10.0 Å². The molecule has 0 fully saturated rings. The summed E-state index contributed by atoms with van der Waals surface area (Å²) in [5.74, 6) is 0.347. The molecule has 0 aliphatic carbocycles. The summed E-state index contributed by atoms with van der Waals surface area (Å²) in [5, 5.41) is 3.89. The first-order valence-electron chi connectivity index (χ1n) is 11.7. The van der Waals surface area contributed by atoms with Gasteiger partial charge in [0, 0.05) is 18.0 Å². The lowest BCUT2D eigenvalue weighted by Gasteiger charge is -2.31. The first-order valence-corrected chi connectivity index (χ1v) is 12.5. The third-order valence-corrected chi connectivity index (χ3v) is 6.31. The number of nitrogens with zero attached hydrogens (tertiary/aromatic N) is 1. The molecule has 0 aliphatic rings. The van der Waals surface area contributed by atoms with Crippen molar-refractivity contribution in [3.63, 3.8) is 0 Å². The van der Waals surface area contributed by atoms with E-state index in [4.69, 9.17) is 32.4 Å². The van der Waals surface area contributed by atoms with Gasteiger partial charge in [0.2, 0.25) is 5.91 Å². The van der Waals surface area contributed by atoms with Crippen LogP contribution in [0.25, 0.3) is 0 Å². The molecule has 4 rings (SSSR count). The van der Waals surface area contributed by atoms with Crippen molar-refractivity contribution in [2.45, 2.75) is 25.6 Å². The maximum atomic E-state index is 13.6. The third-order valence-electron chi connectivity index (χ3n) is 5.74. The van der Waals surface area contributed by atoms with Gasteiger partial charge in [-0.2, -0.15) is 0 Å². The molecule has 1 N–H and O–H groups in total. The van der Waals surface area contributed by atoms with Crippen LogP contribution in [0.5, 0.6) is 5.75 Å². The summed E-state index contributed by atoms with van der Waals surface area (Å²) in [6, 6.07) is 26.4. The lowest BCUT2D eigenvalue weighted by molar-refractivity contribution is -0.142. The number of hydrogen-bond donors (Lipinski definition) is 1. The SMILES string of the molecule is O=C(NCc1ccco1)[C@H](Cc1ccccc1)N(Cc1ccc(Cl)cc1)C(=O)COc1ccccc1Cl. The number of carbonyl (C=O) groups is 2. The number of furan rings is 1. The third kappa shape index (κ3) is 7.62. The van der Waals surface area contributed by atoms with E-state index in [1.807, 2.05) is 42.5 Å². The fourth-order valence-electron chi connectivity index (χ4n) is 3.83. The van der Waals surface area contributed by atoms with Crippen LogP contribution in [0.4, 0.5) is 0 Å². The van der Waals surface area contributed by atoms with E-state index in [-0.39, 0.29) is 31.5 Å².